The van der Waals surface area contributed by atoms with Crippen LogP contribution in [0.25, 0.3) is 0 Å². The molecule has 2 heteroatoms. The molecule has 1 N–H and O–H groups in total. The first-order chi connectivity index (χ1) is 8.71. The van der Waals surface area contributed by atoms with Crippen LogP contribution in [0.2, 0.25) is 5.02 Å². The second kappa shape index (κ2) is 4.77. The smallest absolute Gasteiger partial charge is 0.0666 e. The lowest BCUT2D eigenvalue weighted by atomic mass is 9.57. The molecule has 1 atom stereocenters. The average molecular weight is 264 g/mol. The van der Waals surface area contributed by atoms with Crippen molar-refractivity contribution in [1.29, 1.82) is 0 Å². The van der Waals surface area contributed by atoms with Crippen LogP contribution in [0.15, 0.2) is 18.2 Å². The largest absolute Gasteiger partial charge is 0.381 e. The van der Waals surface area contributed by atoms with Crippen LogP contribution in [0.1, 0.15) is 50.5 Å². The second-order valence-electron chi connectivity index (χ2n) is 6.10. The number of hydrogen-bond donors (Lipinski definition) is 1. The van der Waals surface area contributed by atoms with Crippen molar-refractivity contribution in [2.75, 3.05) is 5.32 Å². The lowest BCUT2D eigenvalue weighted by Crippen LogP contribution is -2.50. The summed E-state index contributed by atoms with van der Waals surface area (Å²) in [6.45, 7) is 2.07. The summed E-state index contributed by atoms with van der Waals surface area (Å²) in [5.74, 6) is 0. The summed E-state index contributed by atoms with van der Waals surface area (Å²) < 4.78 is 0. The fourth-order valence-corrected chi connectivity index (χ4v) is 3.90. The number of nitrogens with one attached hydrogen (secondary N) is 1. The Hall–Kier alpha value is -0.690. The molecule has 2 aliphatic carbocycles. The molecule has 18 heavy (non-hydrogen) atoms. The molecule has 2 saturated carbocycles. The molecule has 1 nitrogen and oxygen atoms in total. The van der Waals surface area contributed by atoms with Crippen LogP contribution in [0, 0.1) is 12.3 Å². The normalized spacial score (nSPS) is 25.8. The summed E-state index contributed by atoms with van der Waals surface area (Å²) in [6, 6.07) is 6.93. The number of anilines is 1. The molecule has 1 unspecified atom stereocenters. The van der Waals surface area contributed by atoms with E-state index in [9.17, 15) is 0 Å². The maximum atomic E-state index is 6.38. The highest BCUT2D eigenvalue weighted by atomic mass is 35.5. The van der Waals surface area contributed by atoms with Gasteiger partial charge in [-0.15, -0.1) is 0 Å². The van der Waals surface area contributed by atoms with Crippen LogP contribution in [-0.4, -0.2) is 6.04 Å². The van der Waals surface area contributed by atoms with Gasteiger partial charge in [0.2, 0.25) is 0 Å². The molecule has 0 heterocycles. The summed E-state index contributed by atoms with van der Waals surface area (Å²) in [6.07, 6.45) is 9.81. The molecule has 1 aromatic carbocycles. The maximum absolute atomic E-state index is 6.38. The molecule has 0 bridgehead atoms. The van der Waals surface area contributed by atoms with Gasteiger partial charge in [0.05, 0.1) is 10.7 Å². The average Bonchev–Trinajstić information content (AvgIpc) is 2.40. The molecule has 98 valence electrons. The van der Waals surface area contributed by atoms with Crippen LogP contribution in [0.5, 0.6) is 0 Å². The predicted molar refractivity (Wildman–Crippen MR) is 78.4 cm³/mol. The SMILES string of the molecule is Cc1cccc(NC2CCC23CCCCC3)c1Cl. The van der Waals surface area contributed by atoms with Crippen LogP contribution < -0.4 is 5.32 Å². The Morgan fingerprint density at radius 2 is 1.94 bits per heavy atom. The Bertz CT molecular complexity index is 435. The minimum Gasteiger partial charge on any atom is -0.381 e. The molecule has 2 fully saturated rings. The molecular formula is C16H22ClN. The van der Waals surface area contributed by atoms with Gasteiger partial charge in [-0.2, -0.15) is 0 Å². The molecule has 0 amide bonds. The summed E-state index contributed by atoms with van der Waals surface area (Å²) >= 11 is 6.38. The molecule has 0 aromatic heterocycles. The van der Waals surface area contributed by atoms with Gasteiger partial charge in [0.15, 0.2) is 0 Å². The van der Waals surface area contributed by atoms with E-state index < -0.39 is 0 Å². The number of aryl methyl sites for hydroxylation is 1. The van der Waals surface area contributed by atoms with Crippen LogP contribution in [0.3, 0.4) is 0 Å². The quantitative estimate of drug-likeness (QED) is 0.776. The van der Waals surface area contributed by atoms with Crippen molar-refractivity contribution in [2.24, 2.45) is 5.41 Å². The van der Waals surface area contributed by atoms with Gasteiger partial charge in [-0.05, 0) is 49.7 Å². The standard InChI is InChI=1S/C16H22ClN/c1-12-6-5-7-13(15(12)17)18-14-8-11-16(14)9-3-2-4-10-16/h5-7,14,18H,2-4,8-11H2,1H3. The van der Waals surface area contributed by atoms with E-state index in [0.29, 0.717) is 11.5 Å². The predicted octanol–water partition coefficient (Wildman–Crippen LogP) is 5.17. The third kappa shape index (κ3) is 2.03. The van der Waals surface area contributed by atoms with Crippen molar-refractivity contribution in [3.8, 4) is 0 Å². The van der Waals surface area contributed by atoms with Crippen molar-refractivity contribution in [3.05, 3.63) is 28.8 Å². The minimum absolute atomic E-state index is 0.589. The number of hydrogen-bond acceptors (Lipinski definition) is 1. The molecule has 0 saturated heterocycles. The molecule has 0 aliphatic heterocycles. The Labute approximate surface area is 115 Å². The van der Waals surface area contributed by atoms with E-state index in [-0.39, 0.29) is 0 Å². The molecule has 0 radical (unpaired) electrons. The third-order valence-corrected chi connectivity index (χ3v) is 5.54. The fourth-order valence-electron chi connectivity index (χ4n) is 3.72. The van der Waals surface area contributed by atoms with Crippen LogP contribution in [-0.2, 0) is 0 Å². The fraction of sp³-hybridized carbons (Fsp3) is 0.625. The van der Waals surface area contributed by atoms with E-state index >= 15 is 0 Å². The van der Waals surface area contributed by atoms with Crippen LogP contribution >= 0.6 is 11.6 Å². The zero-order valence-corrected chi connectivity index (χ0v) is 11.9. The number of benzene rings is 1. The molecule has 1 aromatic rings. The van der Waals surface area contributed by atoms with Gasteiger partial charge in [0.25, 0.3) is 0 Å². The van der Waals surface area contributed by atoms with Gasteiger partial charge in [0, 0.05) is 6.04 Å². The van der Waals surface area contributed by atoms with Crippen molar-refractivity contribution in [3.63, 3.8) is 0 Å². The highest BCUT2D eigenvalue weighted by molar-refractivity contribution is 6.34. The van der Waals surface area contributed by atoms with Gasteiger partial charge in [-0.1, -0.05) is 43.0 Å². The molecule has 2 aliphatic rings. The van der Waals surface area contributed by atoms with E-state index in [2.05, 4.69) is 30.4 Å². The Morgan fingerprint density at radius 3 is 2.61 bits per heavy atom. The molecular weight excluding hydrogens is 242 g/mol. The lowest BCUT2D eigenvalue weighted by molar-refractivity contribution is 0.0571. The third-order valence-electron chi connectivity index (χ3n) is 5.04. The Balaban J connectivity index is 1.75. The first-order valence-corrected chi connectivity index (χ1v) is 7.61. The Morgan fingerprint density at radius 1 is 1.17 bits per heavy atom. The van der Waals surface area contributed by atoms with Crippen LogP contribution in [0.4, 0.5) is 5.69 Å². The second-order valence-corrected chi connectivity index (χ2v) is 6.47. The van der Waals surface area contributed by atoms with E-state index in [1.807, 2.05) is 0 Å². The highest BCUT2D eigenvalue weighted by Gasteiger charge is 2.46. The Kier molecular flexibility index (Phi) is 3.27. The number of rotatable bonds is 2. The first-order valence-electron chi connectivity index (χ1n) is 7.23. The maximum Gasteiger partial charge on any atom is 0.0666 e. The first kappa shape index (κ1) is 12.3. The summed E-state index contributed by atoms with van der Waals surface area (Å²) in [5.41, 5.74) is 2.88. The van der Waals surface area contributed by atoms with E-state index in [0.717, 1.165) is 10.7 Å². The van der Waals surface area contributed by atoms with Crippen molar-refractivity contribution >= 4 is 17.3 Å². The van der Waals surface area contributed by atoms with Crippen molar-refractivity contribution < 1.29 is 0 Å². The summed E-state index contributed by atoms with van der Waals surface area (Å²) in [5, 5.41) is 4.61. The topological polar surface area (TPSA) is 12.0 Å². The zero-order valence-electron chi connectivity index (χ0n) is 11.1. The minimum atomic E-state index is 0.589. The van der Waals surface area contributed by atoms with Gasteiger partial charge < -0.3 is 5.32 Å². The van der Waals surface area contributed by atoms with Gasteiger partial charge in [-0.25, -0.2) is 0 Å². The van der Waals surface area contributed by atoms with Gasteiger partial charge in [0.1, 0.15) is 0 Å². The van der Waals surface area contributed by atoms with E-state index in [1.165, 1.54) is 50.5 Å². The summed E-state index contributed by atoms with van der Waals surface area (Å²) in [7, 11) is 0. The molecule has 1 spiro atoms. The van der Waals surface area contributed by atoms with Crippen molar-refractivity contribution in [2.45, 2.75) is 57.9 Å². The monoisotopic (exact) mass is 263 g/mol. The van der Waals surface area contributed by atoms with E-state index in [4.69, 9.17) is 11.6 Å². The zero-order chi connectivity index (χ0) is 12.6. The number of halogens is 1. The summed E-state index contributed by atoms with van der Waals surface area (Å²) in [4.78, 5) is 0. The highest BCUT2D eigenvalue weighted by Crippen LogP contribution is 2.53. The van der Waals surface area contributed by atoms with E-state index in [1.54, 1.807) is 0 Å². The van der Waals surface area contributed by atoms with Gasteiger partial charge >= 0.3 is 0 Å². The lowest BCUT2D eigenvalue weighted by Gasteiger charge is -2.52. The van der Waals surface area contributed by atoms with Gasteiger partial charge in [-0.3, -0.25) is 0 Å². The molecule has 3 rings (SSSR count). The van der Waals surface area contributed by atoms with Crippen molar-refractivity contribution in [1.82, 2.24) is 0 Å².